The minimum absolute atomic E-state index is 0.0611. The number of ether oxygens (including phenoxy) is 1. The number of amides is 1. The molecule has 7 heteroatoms. The summed E-state index contributed by atoms with van der Waals surface area (Å²) < 4.78 is 5.58. The van der Waals surface area contributed by atoms with Gasteiger partial charge in [0.1, 0.15) is 0 Å². The number of nitrogens with zero attached hydrogens (tertiary/aromatic N) is 1. The van der Waals surface area contributed by atoms with Crippen molar-refractivity contribution in [3.05, 3.63) is 59.7 Å². The van der Waals surface area contributed by atoms with E-state index in [9.17, 15) is 9.59 Å². The van der Waals surface area contributed by atoms with Gasteiger partial charge in [-0.15, -0.1) is 0 Å². The van der Waals surface area contributed by atoms with Gasteiger partial charge < -0.3 is 15.0 Å². The highest BCUT2D eigenvalue weighted by Crippen LogP contribution is 2.23. The van der Waals surface area contributed by atoms with Gasteiger partial charge in [-0.3, -0.25) is 9.59 Å². The predicted molar refractivity (Wildman–Crippen MR) is 119 cm³/mol. The molecule has 1 unspecified atom stereocenters. The second-order valence-corrected chi connectivity index (χ2v) is 7.92. The molecule has 0 aliphatic heterocycles. The van der Waals surface area contributed by atoms with Crippen LogP contribution in [0.25, 0.3) is 11.0 Å². The van der Waals surface area contributed by atoms with Crippen LogP contribution in [0.15, 0.2) is 53.7 Å². The Morgan fingerprint density at radius 3 is 2.60 bits per heavy atom. The van der Waals surface area contributed by atoms with Crippen molar-refractivity contribution in [2.75, 3.05) is 12.3 Å². The van der Waals surface area contributed by atoms with Crippen molar-refractivity contribution in [2.45, 2.75) is 44.4 Å². The number of thioether (sulfide) groups is 1. The van der Waals surface area contributed by atoms with Crippen LogP contribution in [0.1, 0.15) is 43.9 Å². The standard InChI is InChI=1S/C23H27N3O3S/c1-3-5-14-24-22(28)21(17-12-10-16(4-2)11-13-17)29-20(27)15-30-23-25-18-8-6-7-9-19(18)26-23/h6-13,21H,3-5,14-15H2,1-2H3,(H,24,28)(H,25,26). The number of aromatic amines is 1. The summed E-state index contributed by atoms with van der Waals surface area (Å²) in [7, 11) is 0. The van der Waals surface area contributed by atoms with Crippen LogP contribution in [-0.4, -0.2) is 34.1 Å². The Hall–Kier alpha value is -2.80. The van der Waals surface area contributed by atoms with Gasteiger partial charge in [0.15, 0.2) is 5.16 Å². The molecule has 0 radical (unpaired) electrons. The van der Waals surface area contributed by atoms with Crippen molar-refractivity contribution < 1.29 is 14.3 Å². The highest BCUT2D eigenvalue weighted by Gasteiger charge is 2.25. The number of rotatable bonds is 10. The van der Waals surface area contributed by atoms with Gasteiger partial charge in [-0.1, -0.05) is 68.4 Å². The van der Waals surface area contributed by atoms with Crippen LogP contribution in [0, 0.1) is 0 Å². The molecule has 3 aromatic rings. The third kappa shape index (κ3) is 5.86. The molecule has 0 saturated heterocycles. The third-order valence-electron chi connectivity index (χ3n) is 4.70. The molecule has 0 fully saturated rings. The summed E-state index contributed by atoms with van der Waals surface area (Å²) in [5.74, 6) is -0.698. The van der Waals surface area contributed by atoms with E-state index < -0.39 is 12.1 Å². The number of imidazole rings is 1. The Kier molecular flexibility index (Phi) is 7.90. The maximum atomic E-state index is 12.7. The minimum Gasteiger partial charge on any atom is -0.447 e. The van der Waals surface area contributed by atoms with Crippen molar-refractivity contribution in [1.82, 2.24) is 15.3 Å². The Morgan fingerprint density at radius 1 is 1.13 bits per heavy atom. The van der Waals surface area contributed by atoms with Gasteiger partial charge in [-0.25, -0.2) is 4.98 Å². The van der Waals surface area contributed by atoms with Gasteiger partial charge >= 0.3 is 5.97 Å². The first-order chi connectivity index (χ1) is 14.6. The molecule has 1 amide bonds. The van der Waals surface area contributed by atoms with E-state index in [0.717, 1.165) is 35.9 Å². The molecule has 6 nitrogen and oxygen atoms in total. The molecule has 158 valence electrons. The average molecular weight is 426 g/mol. The van der Waals surface area contributed by atoms with E-state index in [1.54, 1.807) is 0 Å². The van der Waals surface area contributed by atoms with Crippen molar-refractivity contribution in [1.29, 1.82) is 0 Å². The van der Waals surface area contributed by atoms with E-state index >= 15 is 0 Å². The molecule has 3 rings (SSSR count). The van der Waals surface area contributed by atoms with Crippen LogP contribution in [0.4, 0.5) is 0 Å². The number of aromatic nitrogens is 2. The largest absolute Gasteiger partial charge is 0.447 e. The summed E-state index contributed by atoms with van der Waals surface area (Å²) >= 11 is 1.26. The van der Waals surface area contributed by atoms with Gasteiger partial charge in [0.25, 0.3) is 5.91 Å². The zero-order chi connectivity index (χ0) is 21.3. The van der Waals surface area contributed by atoms with E-state index in [0.29, 0.717) is 17.3 Å². The fourth-order valence-electron chi connectivity index (χ4n) is 2.97. The van der Waals surface area contributed by atoms with Crippen molar-refractivity contribution in [2.24, 2.45) is 0 Å². The molecule has 2 N–H and O–H groups in total. The molecule has 1 heterocycles. The topological polar surface area (TPSA) is 84.1 Å². The fraction of sp³-hybridized carbons (Fsp3) is 0.348. The number of aryl methyl sites for hydroxylation is 1. The summed E-state index contributed by atoms with van der Waals surface area (Å²) in [5.41, 5.74) is 3.59. The Labute approximate surface area is 180 Å². The number of benzene rings is 2. The van der Waals surface area contributed by atoms with Crippen molar-refractivity contribution in [3.63, 3.8) is 0 Å². The number of fused-ring (bicyclic) bond motifs is 1. The molecule has 0 spiro atoms. The number of para-hydroxylation sites is 2. The molecule has 0 aliphatic carbocycles. The Morgan fingerprint density at radius 2 is 1.90 bits per heavy atom. The van der Waals surface area contributed by atoms with E-state index in [-0.39, 0.29) is 11.7 Å². The van der Waals surface area contributed by atoms with Gasteiger partial charge in [-0.05, 0) is 30.5 Å². The zero-order valence-corrected chi connectivity index (χ0v) is 18.1. The molecule has 0 aliphatic rings. The predicted octanol–water partition coefficient (Wildman–Crippen LogP) is 4.42. The lowest BCUT2D eigenvalue weighted by molar-refractivity contribution is -0.154. The van der Waals surface area contributed by atoms with E-state index in [4.69, 9.17) is 4.74 Å². The molecule has 0 bridgehead atoms. The number of H-pyrrole nitrogens is 1. The second-order valence-electron chi connectivity index (χ2n) is 6.96. The molecule has 1 aromatic heterocycles. The normalized spacial score (nSPS) is 11.9. The molecule has 1 atom stereocenters. The summed E-state index contributed by atoms with van der Waals surface area (Å²) in [6.45, 7) is 4.69. The minimum atomic E-state index is -0.962. The quantitative estimate of drug-likeness (QED) is 0.285. The lowest BCUT2D eigenvalue weighted by atomic mass is 10.0. The number of nitrogens with one attached hydrogen (secondary N) is 2. The first-order valence-electron chi connectivity index (χ1n) is 10.2. The van der Waals surface area contributed by atoms with Crippen LogP contribution in [0.2, 0.25) is 0 Å². The fourth-order valence-corrected chi connectivity index (χ4v) is 3.64. The van der Waals surface area contributed by atoms with Crippen LogP contribution in [0.3, 0.4) is 0 Å². The molecular weight excluding hydrogens is 398 g/mol. The smallest absolute Gasteiger partial charge is 0.317 e. The molecule has 2 aromatic carbocycles. The Bertz CT molecular complexity index is 952. The number of unbranched alkanes of at least 4 members (excludes halogenated alkanes) is 1. The lowest BCUT2D eigenvalue weighted by Gasteiger charge is -2.18. The van der Waals surface area contributed by atoms with Crippen molar-refractivity contribution in [3.8, 4) is 0 Å². The molecule has 0 saturated carbocycles. The first-order valence-corrected chi connectivity index (χ1v) is 11.2. The average Bonchev–Trinajstić information content (AvgIpc) is 3.19. The van der Waals surface area contributed by atoms with Gasteiger partial charge in [-0.2, -0.15) is 0 Å². The lowest BCUT2D eigenvalue weighted by Crippen LogP contribution is -2.33. The van der Waals surface area contributed by atoms with E-state index in [2.05, 4.69) is 29.1 Å². The second kappa shape index (κ2) is 10.8. The van der Waals surface area contributed by atoms with E-state index in [1.165, 1.54) is 11.8 Å². The molecular formula is C23H27N3O3S. The maximum absolute atomic E-state index is 12.7. The maximum Gasteiger partial charge on any atom is 0.317 e. The van der Waals surface area contributed by atoms with Crippen LogP contribution < -0.4 is 5.32 Å². The number of esters is 1. The van der Waals surface area contributed by atoms with Crippen molar-refractivity contribution >= 4 is 34.7 Å². The number of carbonyl (C=O) groups excluding carboxylic acids is 2. The highest BCUT2D eigenvalue weighted by molar-refractivity contribution is 7.99. The van der Waals surface area contributed by atoms with Gasteiger partial charge in [0.2, 0.25) is 6.10 Å². The summed E-state index contributed by atoms with van der Waals surface area (Å²) in [5, 5.41) is 3.51. The summed E-state index contributed by atoms with van der Waals surface area (Å²) in [6, 6.07) is 15.3. The highest BCUT2D eigenvalue weighted by atomic mass is 32.2. The number of carbonyl (C=O) groups is 2. The number of hydrogen-bond donors (Lipinski definition) is 2. The summed E-state index contributed by atoms with van der Waals surface area (Å²) in [4.78, 5) is 32.8. The van der Waals surface area contributed by atoms with Crippen LogP contribution >= 0.6 is 11.8 Å². The van der Waals surface area contributed by atoms with Gasteiger partial charge in [0, 0.05) is 12.1 Å². The third-order valence-corrected chi connectivity index (χ3v) is 5.55. The first kappa shape index (κ1) is 21.9. The monoisotopic (exact) mass is 425 g/mol. The van der Waals surface area contributed by atoms with Crippen LogP contribution in [-0.2, 0) is 20.7 Å². The zero-order valence-electron chi connectivity index (χ0n) is 17.3. The molecule has 30 heavy (non-hydrogen) atoms. The summed E-state index contributed by atoms with van der Waals surface area (Å²) in [6.07, 6.45) is 1.80. The van der Waals surface area contributed by atoms with Gasteiger partial charge in [0.05, 0.1) is 16.8 Å². The number of hydrogen-bond acceptors (Lipinski definition) is 5. The van der Waals surface area contributed by atoms with Crippen LogP contribution in [0.5, 0.6) is 0 Å². The SMILES string of the molecule is CCCCNC(=O)C(OC(=O)CSc1nc2ccccc2[nH]1)c1ccc(CC)cc1. The Balaban J connectivity index is 1.65. The van der Waals surface area contributed by atoms with E-state index in [1.807, 2.05) is 48.5 Å².